The summed E-state index contributed by atoms with van der Waals surface area (Å²) in [5.74, 6) is 1.10. The number of hydrogen-bond donors (Lipinski definition) is 1. The van der Waals surface area contributed by atoms with Crippen LogP contribution in [0.5, 0.6) is 0 Å². The molecule has 3 heteroatoms. The van der Waals surface area contributed by atoms with Crippen LogP contribution in [0.1, 0.15) is 24.6 Å². The topological polar surface area (TPSA) is 28.2 Å². The fourth-order valence-corrected chi connectivity index (χ4v) is 2.11. The Labute approximate surface area is 104 Å². The molecule has 0 aromatic carbocycles. The third kappa shape index (κ3) is 2.86. The third-order valence-corrected chi connectivity index (χ3v) is 3.31. The van der Waals surface area contributed by atoms with Gasteiger partial charge in [0.05, 0.1) is 0 Å². The van der Waals surface area contributed by atoms with Crippen LogP contribution in [0.3, 0.4) is 0 Å². The molecule has 0 atom stereocenters. The monoisotopic (exact) mass is 231 g/mol. The van der Waals surface area contributed by atoms with Crippen LogP contribution < -0.4 is 10.2 Å². The van der Waals surface area contributed by atoms with Crippen LogP contribution >= 0.6 is 0 Å². The third-order valence-electron chi connectivity index (χ3n) is 3.31. The molecule has 1 aliphatic heterocycles. The van der Waals surface area contributed by atoms with E-state index in [2.05, 4.69) is 42.3 Å². The van der Waals surface area contributed by atoms with E-state index in [1.54, 1.807) is 0 Å². The first-order valence-electron chi connectivity index (χ1n) is 6.22. The summed E-state index contributed by atoms with van der Waals surface area (Å²) in [6, 6.07) is 4.31. The summed E-state index contributed by atoms with van der Waals surface area (Å²) in [6.45, 7) is 7.25. The zero-order chi connectivity index (χ0) is 12.3. The second-order valence-electron chi connectivity index (χ2n) is 4.69. The van der Waals surface area contributed by atoms with E-state index in [9.17, 15) is 0 Å². The summed E-state index contributed by atoms with van der Waals surface area (Å²) in [5.41, 5.74) is 3.90. The van der Waals surface area contributed by atoms with Crippen molar-refractivity contribution in [3.8, 4) is 0 Å². The summed E-state index contributed by atoms with van der Waals surface area (Å²) in [7, 11) is 1.96. The summed E-state index contributed by atoms with van der Waals surface area (Å²) in [5, 5.41) is 3.17. The Bertz CT molecular complexity index is 423. The molecule has 0 bridgehead atoms. The van der Waals surface area contributed by atoms with Gasteiger partial charge in [-0.1, -0.05) is 17.7 Å². The normalized spacial score (nSPS) is 15.9. The van der Waals surface area contributed by atoms with Gasteiger partial charge in [-0.2, -0.15) is 0 Å². The fourth-order valence-electron chi connectivity index (χ4n) is 2.11. The molecule has 2 rings (SSSR count). The zero-order valence-corrected chi connectivity index (χ0v) is 11.0. The Morgan fingerprint density at radius 2 is 2.18 bits per heavy atom. The minimum Gasteiger partial charge on any atom is -0.353 e. The molecule has 0 fully saturated rings. The van der Waals surface area contributed by atoms with E-state index in [0.29, 0.717) is 0 Å². The number of aryl methyl sites for hydroxylation is 1. The van der Waals surface area contributed by atoms with E-state index in [-0.39, 0.29) is 0 Å². The quantitative estimate of drug-likeness (QED) is 0.809. The molecule has 0 saturated carbocycles. The number of anilines is 1. The van der Waals surface area contributed by atoms with Gasteiger partial charge >= 0.3 is 0 Å². The summed E-state index contributed by atoms with van der Waals surface area (Å²) in [6.07, 6.45) is 3.45. The maximum atomic E-state index is 4.70. The number of rotatable bonds is 3. The van der Waals surface area contributed by atoms with E-state index in [4.69, 9.17) is 4.98 Å². The average Bonchev–Trinajstić information content (AvgIpc) is 2.33. The van der Waals surface area contributed by atoms with Gasteiger partial charge in [0.1, 0.15) is 5.82 Å². The minimum absolute atomic E-state index is 0.887. The number of nitrogens with one attached hydrogen (secondary N) is 1. The van der Waals surface area contributed by atoms with Crippen molar-refractivity contribution >= 4 is 5.82 Å². The van der Waals surface area contributed by atoms with Crippen LogP contribution in [-0.4, -0.2) is 25.1 Å². The van der Waals surface area contributed by atoms with Gasteiger partial charge in [0.15, 0.2) is 0 Å². The molecule has 3 nitrogen and oxygen atoms in total. The predicted molar refractivity (Wildman–Crippen MR) is 72.3 cm³/mol. The molecule has 0 unspecified atom stereocenters. The molecule has 1 aliphatic rings. The van der Waals surface area contributed by atoms with Gasteiger partial charge in [-0.05, 0) is 38.9 Å². The van der Waals surface area contributed by atoms with Crippen LogP contribution in [-0.2, 0) is 6.54 Å². The molecule has 0 radical (unpaired) electrons. The first-order chi connectivity index (χ1) is 8.20. The van der Waals surface area contributed by atoms with Crippen LogP contribution in [0.25, 0.3) is 0 Å². The highest BCUT2D eigenvalue weighted by atomic mass is 15.2. The van der Waals surface area contributed by atoms with Gasteiger partial charge in [-0.25, -0.2) is 4.98 Å². The molecule has 1 N–H and O–H groups in total. The first-order valence-corrected chi connectivity index (χ1v) is 6.22. The van der Waals surface area contributed by atoms with Crippen molar-refractivity contribution in [3.63, 3.8) is 0 Å². The number of aromatic nitrogens is 1. The largest absolute Gasteiger partial charge is 0.353 e. The molecule has 0 saturated heterocycles. The fraction of sp³-hybridized carbons (Fsp3) is 0.500. The van der Waals surface area contributed by atoms with Crippen molar-refractivity contribution in [2.75, 3.05) is 25.0 Å². The Balaban J connectivity index is 2.15. The average molecular weight is 231 g/mol. The molecule has 1 aromatic heterocycles. The van der Waals surface area contributed by atoms with Gasteiger partial charge < -0.3 is 10.2 Å². The molecular formula is C14H21N3. The lowest BCUT2D eigenvalue weighted by molar-refractivity contribution is 0.765. The summed E-state index contributed by atoms with van der Waals surface area (Å²) in [4.78, 5) is 7.03. The van der Waals surface area contributed by atoms with Crippen LogP contribution in [0, 0.1) is 6.92 Å². The SMILES string of the molecule is CNCc1ccc(N2CC=C(C)CC2)nc1C. The summed E-state index contributed by atoms with van der Waals surface area (Å²) < 4.78 is 0. The molecule has 0 amide bonds. The van der Waals surface area contributed by atoms with Gasteiger partial charge in [0.2, 0.25) is 0 Å². The van der Waals surface area contributed by atoms with Crippen LogP contribution in [0.2, 0.25) is 0 Å². The smallest absolute Gasteiger partial charge is 0.129 e. The molecule has 2 heterocycles. The standard InChI is InChI=1S/C14H21N3/c1-11-6-8-17(9-7-11)14-5-4-13(10-15-3)12(2)16-14/h4-6,15H,7-10H2,1-3H3. The van der Waals surface area contributed by atoms with Gasteiger partial charge in [-0.3, -0.25) is 0 Å². The Kier molecular flexibility index (Phi) is 3.79. The molecule has 1 aromatic rings. The first kappa shape index (κ1) is 12.1. The lowest BCUT2D eigenvalue weighted by atomic mass is 10.1. The van der Waals surface area contributed by atoms with E-state index >= 15 is 0 Å². The second-order valence-corrected chi connectivity index (χ2v) is 4.69. The molecule has 0 spiro atoms. The van der Waals surface area contributed by atoms with Crippen molar-refractivity contribution in [2.45, 2.75) is 26.8 Å². The van der Waals surface area contributed by atoms with Crippen LogP contribution in [0.4, 0.5) is 5.82 Å². The lowest BCUT2D eigenvalue weighted by Gasteiger charge is -2.27. The Hall–Kier alpha value is -1.35. The molecule has 17 heavy (non-hydrogen) atoms. The highest BCUT2D eigenvalue weighted by Gasteiger charge is 2.12. The van der Waals surface area contributed by atoms with E-state index in [1.807, 2.05) is 7.05 Å². The van der Waals surface area contributed by atoms with E-state index in [1.165, 1.54) is 11.1 Å². The van der Waals surface area contributed by atoms with Gasteiger partial charge in [-0.15, -0.1) is 0 Å². The van der Waals surface area contributed by atoms with Gasteiger partial charge in [0, 0.05) is 25.3 Å². The Morgan fingerprint density at radius 1 is 1.35 bits per heavy atom. The van der Waals surface area contributed by atoms with E-state index in [0.717, 1.165) is 37.6 Å². The zero-order valence-electron chi connectivity index (χ0n) is 11.0. The van der Waals surface area contributed by atoms with E-state index < -0.39 is 0 Å². The Morgan fingerprint density at radius 3 is 2.76 bits per heavy atom. The molecule has 92 valence electrons. The number of nitrogens with zero attached hydrogens (tertiary/aromatic N) is 2. The maximum absolute atomic E-state index is 4.70. The second kappa shape index (κ2) is 5.32. The number of hydrogen-bond acceptors (Lipinski definition) is 3. The van der Waals surface area contributed by atoms with Gasteiger partial charge in [0.25, 0.3) is 0 Å². The molecule has 0 aliphatic carbocycles. The highest BCUT2D eigenvalue weighted by molar-refractivity contribution is 5.43. The number of pyridine rings is 1. The van der Waals surface area contributed by atoms with Crippen molar-refractivity contribution in [1.82, 2.24) is 10.3 Å². The minimum atomic E-state index is 0.887. The van der Waals surface area contributed by atoms with Crippen molar-refractivity contribution in [1.29, 1.82) is 0 Å². The van der Waals surface area contributed by atoms with Crippen molar-refractivity contribution in [2.24, 2.45) is 0 Å². The predicted octanol–water partition coefficient (Wildman–Crippen LogP) is 2.27. The van der Waals surface area contributed by atoms with Crippen molar-refractivity contribution in [3.05, 3.63) is 35.0 Å². The molecular weight excluding hydrogens is 210 g/mol. The summed E-state index contributed by atoms with van der Waals surface area (Å²) >= 11 is 0. The van der Waals surface area contributed by atoms with Crippen molar-refractivity contribution < 1.29 is 0 Å². The van der Waals surface area contributed by atoms with Crippen LogP contribution in [0.15, 0.2) is 23.8 Å². The highest BCUT2D eigenvalue weighted by Crippen LogP contribution is 2.19. The lowest BCUT2D eigenvalue weighted by Crippen LogP contribution is -2.29. The maximum Gasteiger partial charge on any atom is 0.129 e.